The Bertz CT molecular complexity index is 366. The second kappa shape index (κ2) is 6.53. The Morgan fingerprint density at radius 3 is 2.75 bits per heavy atom. The molecule has 2 amide bonds. The van der Waals surface area contributed by atoms with Crippen LogP contribution in [0.4, 0.5) is 10.5 Å². The van der Waals surface area contributed by atoms with Crippen molar-refractivity contribution in [2.75, 3.05) is 11.9 Å². The van der Waals surface area contributed by atoms with E-state index in [1.54, 1.807) is 0 Å². The quantitative estimate of drug-likeness (QED) is 0.872. The molecule has 1 aromatic carbocycles. The van der Waals surface area contributed by atoms with Crippen LogP contribution in [0.25, 0.3) is 0 Å². The normalized spacial score (nSPS) is 9.94. The summed E-state index contributed by atoms with van der Waals surface area (Å²) in [6.07, 6.45) is 1.83. The molecular formula is C12H17BrN2O. The van der Waals surface area contributed by atoms with Gasteiger partial charge in [-0.1, -0.05) is 29.8 Å². The van der Waals surface area contributed by atoms with Gasteiger partial charge in [-0.05, 0) is 36.6 Å². The number of rotatable bonds is 4. The number of aryl methyl sites for hydroxylation is 1. The van der Waals surface area contributed by atoms with Gasteiger partial charge in [0.25, 0.3) is 0 Å². The topological polar surface area (TPSA) is 41.1 Å². The van der Waals surface area contributed by atoms with Crippen molar-refractivity contribution in [2.45, 2.75) is 26.7 Å². The van der Waals surface area contributed by atoms with Crippen LogP contribution >= 0.6 is 15.9 Å². The van der Waals surface area contributed by atoms with Crippen LogP contribution in [0.5, 0.6) is 0 Å². The molecule has 0 saturated carbocycles. The predicted octanol–water partition coefficient (Wildman–Crippen LogP) is 3.54. The van der Waals surface area contributed by atoms with Crippen molar-refractivity contribution >= 4 is 27.6 Å². The molecule has 0 aromatic heterocycles. The summed E-state index contributed by atoms with van der Waals surface area (Å²) >= 11 is 3.42. The maximum absolute atomic E-state index is 11.5. The number of hydrogen-bond acceptors (Lipinski definition) is 1. The monoisotopic (exact) mass is 284 g/mol. The summed E-state index contributed by atoms with van der Waals surface area (Å²) in [6, 6.07) is 5.72. The van der Waals surface area contributed by atoms with Crippen molar-refractivity contribution in [3.05, 3.63) is 28.2 Å². The minimum Gasteiger partial charge on any atom is -0.338 e. The zero-order chi connectivity index (χ0) is 12.0. The van der Waals surface area contributed by atoms with E-state index in [2.05, 4.69) is 33.5 Å². The maximum atomic E-state index is 11.5. The summed E-state index contributed by atoms with van der Waals surface area (Å²) in [7, 11) is 0. The van der Waals surface area contributed by atoms with Crippen LogP contribution in [0, 0.1) is 0 Å². The van der Waals surface area contributed by atoms with E-state index in [9.17, 15) is 4.79 Å². The average Bonchev–Trinajstić information content (AvgIpc) is 2.28. The highest BCUT2D eigenvalue weighted by Gasteiger charge is 2.05. The second-order valence-corrected chi connectivity index (χ2v) is 4.45. The first-order valence-corrected chi connectivity index (χ1v) is 6.30. The lowest BCUT2D eigenvalue weighted by Crippen LogP contribution is -2.29. The van der Waals surface area contributed by atoms with Crippen LogP contribution < -0.4 is 10.6 Å². The van der Waals surface area contributed by atoms with E-state index in [1.807, 2.05) is 25.1 Å². The number of amides is 2. The SMILES string of the molecule is CCCNC(=O)Nc1ccc(Br)cc1CC. The van der Waals surface area contributed by atoms with Crippen molar-refractivity contribution in [1.82, 2.24) is 5.32 Å². The molecule has 2 N–H and O–H groups in total. The van der Waals surface area contributed by atoms with Gasteiger partial charge in [0.1, 0.15) is 0 Å². The molecule has 0 aliphatic carbocycles. The lowest BCUT2D eigenvalue weighted by Gasteiger charge is -2.11. The van der Waals surface area contributed by atoms with Crippen molar-refractivity contribution in [3.63, 3.8) is 0 Å². The van der Waals surface area contributed by atoms with Gasteiger partial charge in [-0.3, -0.25) is 0 Å². The number of anilines is 1. The Labute approximate surface area is 105 Å². The van der Waals surface area contributed by atoms with Crippen molar-refractivity contribution in [2.24, 2.45) is 0 Å². The van der Waals surface area contributed by atoms with E-state index in [1.165, 1.54) is 0 Å². The van der Waals surface area contributed by atoms with E-state index >= 15 is 0 Å². The van der Waals surface area contributed by atoms with Crippen LogP contribution in [0.3, 0.4) is 0 Å². The number of benzene rings is 1. The summed E-state index contributed by atoms with van der Waals surface area (Å²) in [4.78, 5) is 11.5. The molecule has 0 fully saturated rings. The van der Waals surface area contributed by atoms with Gasteiger partial charge >= 0.3 is 6.03 Å². The first-order valence-electron chi connectivity index (χ1n) is 5.50. The number of carbonyl (C=O) groups is 1. The molecule has 1 rings (SSSR count). The van der Waals surface area contributed by atoms with Crippen molar-refractivity contribution in [1.29, 1.82) is 0 Å². The molecule has 0 aliphatic rings. The van der Waals surface area contributed by atoms with Crippen LogP contribution in [0.2, 0.25) is 0 Å². The van der Waals surface area contributed by atoms with E-state index in [0.29, 0.717) is 6.54 Å². The van der Waals surface area contributed by atoms with Gasteiger partial charge in [0.15, 0.2) is 0 Å². The van der Waals surface area contributed by atoms with Gasteiger partial charge in [-0.15, -0.1) is 0 Å². The van der Waals surface area contributed by atoms with Crippen LogP contribution in [0.1, 0.15) is 25.8 Å². The van der Waals surface area contributed by atoms with Gasteiger partial charge < -0.3 is 10.6 Å². The van der Waals surface area contributed by atoms with E-state index in [0.717, 1.165) is 28.6 Å². The highest BCUT2D eigenvalue weighted by Crippen LogP contribution is 2.21. The standard InChI is InChI=1S/C12H17BrN2O/c1-3-7-14-12(16)15-11-6-5-10(13)8-9(11)4-2/h5-6,8H,3-4,7H2,1-2H3,(H2,14,15,16). The number of nitrogens with one attached hydrogen (secondary N) is 2. The summed E-state index contributed by atoms with van der Waals surface area (Å²) < 4.78 is 1.03. The number of urea groups is 1. The molecule has 0 aliphatic heterocycles. The Balaban J connectivity index is 2.69. The molecule has 0 spiro atoms. The molecule has 4 heteroatoms. The van der Waals surface area contributed by atoms with E-state index < -0.39 is 0 Å². The zero-order valence-corrected chi connectivity index (χ0v) is 11.2. The smallest absolute Gasteiger partial charge is 0.319 e. The van der Waals surface area contributed by atoms with Gasteiger partial charge in [-0.25, -0.2) is 4.79 Å². The largest absolute Gasteiger partial charge is 0.338 e. The lowest BCUT2D eigenvalue weighted by molar-refractivity contribution is 0.252. The zero-order valence-electron chi connectivity index (χ0n) is 9.64. The fraction of sp³-hybridized carbons (Fsp3) is 0.417. The summed E-state index contributed by atoms with van der Waals surface area (Å²) in [5.41, 5.74) is 2.00. The summed E-state index contributed by atoms with van der Waals surface area (Å²) in [5.74, 6) is 0. The second-order valence-electron chi connectivity index (χ2n) is 3.54. The van der Waals surface area contributed by atoms with Gasteiger partial charge in [0, 0.05) is 16.7 Å². The third-order valence-corrected chi connectivity index (χ3v) is 2.73. The molecule has 3 nitrogen and oxygen atoms in total. The highest BCUT2D eigenvalue weighted by molar-refractivity contribution is 9.10. The Morgan fingerprint density at radius 1 is 1.38 bits per heavy atom. The first kappa shape index (κ1) is 13.0. The predicted molar refractivity (Wildman–Crippen MR) is 70.8 cm³/mol. The Kier molecular flexibility index (Phi) is 5.32. The number of hydrogen-bond donors (Lipinski definition) is 2. The first-order chi connectivity index (χ1) is 7.67. The minimum atomic E-state index is -0.140. The Morgan fingerprint density at radius 2 is 2.12 bits per heavy atom. The number of halogens is 1. The third kappa shape index (κ3) is 3.85. The van der Waals surface area contributed by atoms with Gasteiger partial charge in [0.05, 0.1) is 0 Å². The fourth-order valence-corrected chi connectivity index (χ4v) is 1.79. The molecule has 0 atom stereocenters. The highest BCUT2D eigenvalue weighted by atomic mass is 79.9. The van der Waals surface area contributed by atoms with Gasteiger partial charge in [-0.2, -0.15) is 0 Å². The molecule has 0 unspecified atom stereocenters. The maximum Gasteiger partial charge on any atom is 0.319 e. The van der Waals surface area contributed by atoms with Crippen LogP contribution in [0.15, 0.2) is 22.7 Å². The Hall–Kier alpha value is -1.03. The molecule has 0 bridgehead atoms. The molecule has 1 aromatic rings. The number of carbonyl (C=O) groups excluding carboxylic acids is 1. The van der Waals surface area contributed by atoms with Crippen LogP contribution in [-0.2, 0) is 6.42 Å². The molecule has 0 heterocycles. The summed E-state index contributed by atoms with van der Waals surface area (Å²) in [5, 5.41) is 5.64. The van der Waals surface area contributed by atoms with Crippen molar-refractivity contribution < 1.29 is 4.79 Å². The van der Waals surface area contributed by atoms with Gasteiger partial charge in [0.2, 0.25) is 0 Å². The van der Waals surface area contributed by atoms with Crippen LogP contribution in [-0.4, -0.2) is 12.6 Å². The molecule has 88 valence electrons. The summed E-state index contributed by atoms with van der Waals surface area (Å²) in [6.45, 7) is 4.79. The fourth-order valence-electron chi connectivity index (χ4n) is 1.38. The lowest BCUT2D eigenvalue weighted by atomic mass is 10.1. The van der Waals surface area contributed by atoms with Crippen molar-refractivity contribution in [3.8, 4) is 0 Å². The average molecular weight is 285 g/mol. The molecule has 0 saturated heterocycles. The molecular weight excluding hydrogens is 268 g/mol. The van der Waals surface area contributed by atoms with E-state index in [-0.39, 0.29) is 6.03 Å². The molecule has 16 heavy (non-hydrogen) atoms. The van der Waals surface area contributed by atoms with E-state index in [4.69, 9.17) is 0 Å². The minimum absolute atomic E-state index is 0.140. The molecule has 0 radical (unpaired) electrons. The third-order valence-electron chi connectivity index (χ3n) is 2.23.